The number of aromatic nitrogens is 5. The molecule has 0 aliphatic carbocycles. The summed E-state index contributed by atoms with van der Waals surface area (Å²) in [6.07, 6.45) is 1.57. The van der Waals surface area contributed by atoms with E-state index in [2.05, 4.69) is 25.6 Å². The Morgan fingerprint density at radius 3 is 2.69 bits per heavy atom. The predicted octanol–water partition coefficient (Wildman–Crippen LogP) is 2.37. The molecule has 130 valence electrons. The molecule has 0 saturated heterocycles. The second-order valence-electron chi connectivity index (χ2n) is 4.99. The first-order chi connectivity index (χ1) is 12.0. The van der Waals surface area contributed by atoms with E-state index in [1.807, 2.05) is 0 Å². The van der Waals surface area contributed by atoms with E-state index in [1.165, 1.54) is 13.2 Å². The number of halogens is 1. The molecule has 0 aliphatic rings. The van der Waals surface area contributed by atoms with E-state index in [-0.39, 0.29) is 36.0 Å². The van der Waals surface area contributed by atoms with Crippen LogP contribution in [0.5, 0.6) is 5.75 Å². The van der Waals surface area contributed by atoms with Gasteiger partial charge in [-0.2, -0.15) is 5.10 Å². The van der Waals surface area contributed by atoms with Crippen LogP contribution in [-0.4, -0.2) is 43.1 Å². The van der Waals surface area contributed by atoms with Crippen LogP contribution in [-0.2, 0) is 26.5 Å². The molecule has 0 spiro atoms. The van der Waals surface area contributed by atoms with Gasteiger partial charge in [0.15, 0.2) is 22.4 Å². The van der Waals surface area contributed by atoms with Crippen LogP contribution in [0.1, 0.15) is 10.5 Å². The largest absolute Gasteiger partial charge is 0.494 e. The van der Waals surface area contributed by atoms with E-state index in [0.717, 1.165) is 0 Å². The van der Waals surface area contributed by atoms with E-state index in [0.29, 0.717) is 22.8 Å². The fraction of sp³-hybridized carbons (Fsp3) is 0.133. The zero-order valence-electron chi connectivity index (χ0n) is 14.0. The molecule has 2 aromatic heterocycles. The molecule has 0 aliphatic heterocycles. The third-order valence-electron chi connectivity index (χ3n) is 3.30. The van der Waals surface area contributed by atoms with Crippen molar-refractivity contribution < 1.29 is 34.1 Å². The Kier molecular flexibility index (Phi) is 6.23. The Bertz CT molecular complexity index is 949. The first-order valence-corrected chi connectivity index (χ1v) is 7.44. The van der Waals surface area contributed by atoms with Gasteiger partial charge in [-0.25, -0.2) is 9.78 Å². The van der Waals surface area contributed by atoms with Gasteiger partial charge < -0.3 is 15.2 Å². The number of anilines is 2. The first kappa shape index (κ1) is 19.7. The number of methoxy groups -OCH3 is 1. The number of carboxylic acids is 1. The Labute approximate surface area is 166 Å². The van der Waals surface area contributed by atoms with Crippen molar-refractivity contribution >= 4 is 28.9 Å². The number of rotatable bonds is 5. The van der Waals surface area contributed by atoms with Gasteiger partial charge in [-0.05, 0) is 12.1 Å². The van der Waals surface area contributed by atoms with E-state index >= 15 is 0 Å². The van der Waals surface area contributed by atoms with Crippen LogP contribution in [0, 0.1) is 0 Å². The van der Waals surface area contributed by atoms with E-state index in [9.17, 15) is 9.90 Å². The normalized spacial score (nSPS) is 10.1. The molecule has 0 radical (unpaired) electrons. The number of nitrogens with one attached hydrogen (secondary N) is 1. The van der Waals surface area contributed by atoms with Crippen LogP contribution >= 0.6 is 11.6 Å². The van der Waals surface area contributed by atoms with Gasteiger partial charge in [0, 0.05) is 32.6 Å². The third-order valence-corrected chi connectivity index (χ3v) is 3.48. The van der Waals surface area contributed by atoms with Crippen molar-refractivity contribution in [3.05, 3.63) is 41.4 Å². The molecule has 3 aromatic rings. The number of ether oxygens (including phenoxy) is 1. The van der Waals surface area contributed by atoms with Gasteiger partial charge in [0.25, 0.3) is 0 Å². The number of hydrogen-bond acceptors (Lipinski definition) is 7. The summed E-state index contributed by atoms with van der Waals surface area (Å²) < 4.78 is 7.05. The van der Waals surface area contributed by atoms with Gasteiger partial charge in [-0.1, -0.05) is 17.7 Å². The van der Waals surface area contributed by atoms with Gasteiger partial charge in [-0.3, -0.25) is 4.68 Å². The molecule has 0 amide bonds. The molecule has 9 nitrogen and oxygen atoms in total. The number of nitrogens with zero attached hydrogens (tertiary/aromatic N) is 5. The molecular formula is C15H13ClN6O3Zn. The van der Waals surface area contributed by atoms with Crippen LogP contribution in [0.4, 0.5) is 11.4 Å². The minimum atomic E-state index is -1.23. The van der Waals surface area contributed by atoms with E-state index < -0.39 is 5.97 Å². The molecule has 11 heteroatoms. The Morgan fingerprint density at radius 2 is 2.08 bits per heavy atom. The average molecular weight is 426 g/mol. The van der Waals surface area contributed by atoms with E-state index in [4.69, 9.17) is 16.3 Å². The topological polar surface area (TPSA) is 115 Å². The van der Waals surface area contributed by atoms with Crippen LogP contribution in [0.25, 0.3) is 11.4 Å². The third kappa shape index (κ3) is 3.97. The zero-order valence-corrected chi connectivity index (χ0v) is 17.7. The summed E-state index contributed by atoms with van der Waals surface area (Å²) in [5.74, 6) is -0.293. The minimum absolute atomic E-state index is 0. The first-order valence-electron chi connectivity index (χ1n) is 7.06. The van der Waals surface area contributed by atoms with Gasteiger partial charge in [0.05, 0.1) is 24.0 Å². The summed E-state index contributed by atoms with van der Waals surface area (Å²) in [5.41, 5.74) is 1.10. The Morgan fingerprint density at radius 1 is 1.31 bits per heavy atom. The number of aromatic carboxylic acids is 1. The zero-order chi connectivity index (χ0) is 18.0. The summed E-state index contributed by atoms with van der Waals surface area (Å²) in [4.78, 5) is 15.5. The summed E-state index contributed by atoms with van der Waals surface area (Å²) in [7, 11) is 3.26. The molecule has 0 fully saturated rings. The quantitative estimate of drug-likeness (QED) is 0.598. The standard InChI is InChI=1S/C15H13ClN6O3.Zn/c1-22-7-17-14(21-22)8-4-3-5-9(13(8)25-2)18-10-6-11(16)19-20-12(10)15(23)24;/h3-7H,1-2H3,(H,18,19)(H,23,24);. The number of carboxylic acid groups (broad SMARTS) is 1. The number of benzene rings is 1. The molecule has 0 saturated carbocycles. The smallest absolute Gasteiger partial charge is 0.358 e. The maximum atomic E-state index is 11.3. The summed E-state index contributed by atoms with van der Waals surface area (Å²) >= 11 is 5.83. The Balaban J connectivity index is 0.00000243. The van der Waals surface area contributed by atoms with Gasteiger partial charge in [-0.15, -0.1) is 10.2 Å². The molecule has 26 heavy (non-hydrogen) atoms. The van der Waals surface area contributed by atoms with Gasteiger partial charge in [0.1, 0.15) is 6.33 Å². The molecule has 0 unspecified atom stereocenters. The van der Waals surface area contributed by atoms with Gasteiger partial charge in [0.2, 0.25) is 0 Å². The molecule has 0 atom stereocenters. The van der Waals surface area contributed by atoms with E-state index in [1.54, 1.807) is 36.3 Å². The molecule has 2 N–H and O–H groups in total. The van der Waals surface area contributed by atoms with Crippen molar-refractivity contribution in [1.82, 2.24) is 25.0 Å². The second kappa shape index (κ2) is 8.20. The van der Waals surface area contributed by atoms with Crippen molar-refractivity contribution in [2.45, 2.75) is 0 Å². The molecule has 2 heterocycles. The van der Waals surface area contributed by atoms with Crippen molar-refractivity contribution in [3.63, 3.8) is 0 Å². The van der Waals surface area contributed by atoms with Crippen LogP contribution in [0.3, 0.4) is 0 Å². The summed E-state index contributed by atoms with van der Waals surface area (Å²) in [5, 5.41) is 23.7. The SMILES string of the molecule is COc1c(Nc2cc(Cl)nnc2C(=O)O)cccc1-c1ncn(C)n1.[Zn]. The Hall–Kier alpha value is -2.58. The molecular weight excluding hydrogens is 413 g/mol. The average Bonchev–Trinajstić information content (AvgIpc) is 3.00. The maximum Gasteiger partial charge on any atom is 0.358 e. The van der Waals surface area contributed by atoms with Crippen molar-refractivity contribution in [3.8, 4) is 17.1 Å². The second-order valence-corrected chi connectivity index (χ2v) is 5.37. The predicted molar refractivity (Wildman–Crippen MR) is 90.3 cm³/mol. The van der Waals surface area contributed by atoms with Crippen LogP contribution in [0.15, 0.2) is 30.6 Å². The van der Waals surface area contributed by atoms with Crippen LogP contribution in [0.2, 0.25) is 5.15 Å². The van der Waals surface area contributed by atoms with Gasteiger partial charge >= 0.3 is 5.97 Å². The summed E-state index contributed by atoms with van der Waals surface area (Å²) in [6, 6.07) is 6.68. The van der Waals surface area contributed by atoms with Crippen molar-refractivity contribution in [1.29, 1.82) is 0 Å². The molecule has 0 bridgehead atoms. The number of aryl methyl sites for hydroxylation is 1. The number of carbonyl (C=O) groups is 1. The summed E-state index contributed by atoms with van der Waals surface area (Å²) in [6.45, 7) is 0. The van der Waals surface area contributed by atoms with Crippen LogP contribution < -0.4 is 10.1 Å². The monoisotopic (exact) mass is 424 g/mol. The van der Waals surface area contributed by atoms with Crippen molar-refractivity contribution in [2.75, 3.05) is 12.4 Å². The number of para-hydroxylation sites is 1. The fourth-order valence-corrected chi connectivity index (χ4v) is 2.41. The molecule has 1 aromatic carbocycles. The fourth-order valence-electron chi connectivity index (χ4n) is 2.26. The van der Waals surface area contributed by atoms with Crippen molar-refractivity contribution in [2.24, 2.45) is 7.05 Å². The number of hydrogen-bond donors (Lipinski definition) is 2. The minimum Gasteiger partial charge on any atom is -0.494 e. The molecule has 3 rings (SSSR count). The maximum absolute atomic E-state index is 11.3.